The smallest absolute Gasteiger partial charge is 0.312 e. The largest absolute Gasteiger partial charge is 0.361 e. The summed E-state index contributed by atoms with van der Waals surface area (Å²) >= 11 is 0. The third-order valence-electron chi connectivity index (χ3n) is 3.40. The molecule has 0 radical (unpaired) electrons. The van der Waals surface area contributed by atoms with E-state index in [2.05, 4.69) is 10.5 Å². The maximum absolute atomic E-state index is 12.4. The van der Waals surface area contributed by atoms with Gasteiger partial charge in [-0.15, -0.1) is 0 Å². The number of aryl methyl sites for hydroxylation is 1. The number of carbonyl (C=O) groups is 2. The molecule has 3 amide bonds. The van der Waals surface area contributed by atoms with Crippen LogP contribution in [0.2, 0.25) is 0 Å². The fourth-order valence-corrected chi connectivity index (χ4v) is 2.26. The normalized spacial score (nSPS) is 11.7. The molecule has 7 nitrogen and oxygen atoms in total. The van der Waals surface area contributed by atoms with Crippen molar-refractivity contribution in [1.29, 1.82) is 0 Å². The molecule has 7 heteroatoms. The van der Waals surface area contributed by atoms with E-state index in [0.29, 0.717) is 18.0 Å². The van der Waals surface area contributed by atoms with E-state index in [1.807, 2.05) is 30.3 Å². The SMILES string of the molecule is Cc1cc(CN(C)C(=O)CC(NC(N)=O)c2ccccc2)no1. The monoisotopic (exact) mass is 316 g/mol. The van der Waals surface area contributed by atoms with Crippen LogP contribution in [0.3, 0.4) is 0 Å². The summed E-state index contributed by atoms with van der Waals surface area (Å²) in [5.74, 6) is 0.562. The fraction of sp³-hybridized carbons (Fsp3) is 0.312. The Morgan fingerprint density at radius 1 is 1.35 bits per heavy atom. The molecule has 1 aromatic carbocycles. The minimum absolute atomic E-state index is 0.111. The van der Waals surface area contributed by atoms with Crippen LogP contribution in [0.5, 0.6) is 0 Å². The third-order valence-corrected chi connectivity index (χ3v) is 3.40. The highest BCUT2D eigenvalue weighted by molar-refractivity contribution is 5.78. The minimum Gasteiger partial charge on any atom is -0.361 e. The van der Waals surface area contributed by atoms with Crippen LogP contribution in [0.15, 0.2) is 40.9 Å². The van der Waals surface area contributed by atoms with Crippen LogP contribution < -0.4 is 11.1 Å². The predicted molar refractivity (Wildman–Crippen MR) is 84.2 cm³/mol. The van der Waals surface area contributed by atoms with Crippen LogP contribution in [0.25, 0.3) is 0 Å². The number of nitrogens with two attached hydrogens (primary N) is 1. The molecule has 2 rings (SSSR count). The first-order valence-electron chi connectivity index (χ1n) is 7.23. The van der Waals surface area contributed by atoms with E-state index in [4.69, 9.17) is 10.3 Å². The molecule has 3 N–H and O–H groups in total. The summed E-state index contributed by atoms with van der Waals surface area (Å²) in [6.07, 6.45) is 0.111. The van der Waals surface area contributed by atoms with Crippen LogP contribution in [0.1, 0.15) is 29.5 Å². The lowest BCUT2D eigenvalue weighted by Crippen LogP contribution is -2.37. The Bertz CT molecular complexity index is 669. The lowest BCUT2D eigenvalue weighted by molar-refractivity contribution is -0.131. The first-order chi connectivity index (χ1) is 11.0. The summed E-state index contributed by atoms with van der Waals surface area (Å²) in [7, 11) is 1.68. The molecule has 0 aliphatic carbocycles. The van der Waals surface area contributed by atoms with E-state index < -0.39 is 12.1 Å². The zero-order chi connectivity index (χ0) is 16.8. The van der Waals surface area contributed by atoms with Crippen LogP contribution in [-0.2, 0) is 11.3 Å². The van der Waals surface area contributed by atoms with E-state index >= 15 is 0 Å². The second-order valence-corrected chi connectivity index (χ2v) is 5.35. The number of carbonyl (C=O) groups excluding carboxylic acids is 2. The van der Waals surface area contributed by atoms with Crippen LogP contribution in [-0.4, -0.2) is 29.0 Å². The summed E-state index contributed by atoms with van der Waals surface area (Å²) in [6, 6.07) is 9.88. The maximum atomic E-state index is 12.4. The number of amides is 3. The zero-order valence-corrected chi connectivity index (χ0v) is 13.2. The molecule has 0 bridgehead atoms. The quantitative estimate of drug-likeness (QED) is 0.847. The van der Waals surface area contributed by atoms with E-state index in [9.17, 15) is 9.59 Å². The van der Waals surface area contributed by atoms with Gasteiger partial charge < -0.3 is 20.5 Å². The summed E-state index contributed by atoms with van der Waals surface area (Å²) in [5, 5.41) is 6.47. The van der Waals surface area contributed by atoms with Crippen molar-refractivity contribution < 1.29 is 14.1 Å². The van der Waals surface area contributed by atoms with Gasteiger partial charge in [-0.1, -0.05) is 35.5 Å². The highest BCUT2D eigenvalue weighted by Gasteiger charge is 2.20. The second kappa shape index (κ2) is 7.44. The molecular formula is C16H20N4O3. The van der Waals surface area contributed by atoms with Crippen molar-refractivity contribution in [2.45, 2.75) is 25.9 Å². The van der Waals surface area contributed by atoms with Gasteiger partial charge in [0.05, 0.1) is 19.0 Å². The number of rotatable bonds is 6. The highest BCUT2D eigenvalue weighted by Crippen LogP contribution is 2.18. The topological polar surface area (TPSA) is 101 Å². The molecule has 0 fully saturated rings. The number of aromatic nitrogens is 1. The summed E-state index contributed by atoms with van der Waals surface area (Å²) in [5.41, 5.74) is 6.71. The molecule has 1 aromatic heterocycles. The molecule has 1 heterocycles. The first-order valence-corrected chi connectivity index (χ1v) is 7.23. The molecule has 122 valence electrons. The van der Waals surface area contributed by atoms with E-state index in [0.717, 1.165) is 5.56 Å². The number of hydrogen-bond acceptors (Lipinski definition) is 4. The Morgan fingerprint density at radius 3 is 2.61 bits per heavy atom. The van der Waals surface area contributed by atoms with Gasteiger partial charge in [-0.25, -0.2) is 4.79 Å². The Balaban J connectivity index is 2.03. The standard InChI is InChI=1S/C16H20N4O3/c1-11-8-13(19-23-11)10-20(2)15(21)9-14(18-16(17)22)12-6-4-3-5-7-12/h3-8,14H,9-10H2,1-2H3,(H3,17,18,22). The van der Waals surface area contributed by atoms with Crippen molar-refractivity contribution in [3.8, 4) is 0 Å². The molecule has 0 spiro atoms. The van der Waals surface area contributed by atoms with Crippen molar-refractivity contribution in [2.24, 2.45) is 5.73 Å². The minimum atomic E-state index is -0.665. The number of urea groups is 1. The number of benzene rings is 1. The lowest BCUT2D eigenvalue weighted by atomic mass is 10.0. The Morgan fingerprint density at radius 2 is 2.04 bits per heavy atom. The molecule has 0 saturated heterocycles. The number of hydrogen-bond donors (Lipinski definition) is 2. The average molecular weight is 316 g/mol. The van der Waals surface area contributed by atoms with Gasteiger partial charge in [0.1, 0.15) is 11.5 Å². The van der Waals surface area contributed by atoms with Crippen molar-refractivity contribution in [1.82, 2.24) is 15.4 Å². The molecule has 1 unspecified atom stereocenters. The zero-order valence-electron chi connectivity index (χ0n) is 13.2. The third kappa shape index (κ3) is 4.84. The van der Waals surface area contributed by atoms with Crippen molar-refractivity contribution >= 4 is 11.9 Å². The Labute approximate surface area is 134 Å². The predicted octanol–water partition coefficient (Wildman–Crippen LogP) is 1.74. The summed E-state index contributed by atoms with van der Waals surface area (Å²) in [6.45, 7) is 2.13. The molecule has 0 saturated carbocycles. The van der Waals surface area contributed by atoms with Gasteiger partial charge in [0.15, 0.2) is 0 Å². The van der Waals surface area contributed by atoms with Crippen LogP contribution in [0, 0.1) is 6.92 Å². The van der Waals surface area contributed by atoms with Gasteiger partial charge in [-0.3, -0.25) is 4.79 Å². The van der Waals surface area contributed by atoms with Crippen molar-refractivity contribution in [3.63, 3.8) is 0 Å². The van der Waals surface area contributed by atoms with E-state index in [1.54, 1.807) is 20.0 Å². The van der Waals surface area contributed by atoms with E-state index in [1.165, 1.54) is 4.90 Å². The van der Waals surface area contributed by atoms with Gasteiger partial charge in [-0.05, 0) is 12.5 Å². The highest BCUT2D eigenvalue weighted by atomic mass is 16.5. The van der Waals surface area contributed by atoms with Crippen molar-refractivity contribution in [3.05, 3.63) is 53.4 Å². The fourth-order valence-electron chi connectivity index (χ4n) is 2.26. The molecule has 0 aliphatic rings. The lowest BCUT2D eigenvalue weighted by Gasteiger charge is -2.21. The molecular weight excluding hydrogens is 296 g/mol. The second-order valence-electron chi connectivity index (χ2n) is 5.35. The Hall–Kier alpha value is -2.83. The van der Waals surface area contributed by atoms with Gasteiger partial charge in [-0.2, -0.15) is 0 Å². The summed E-state index contributed by atoms with van der Waals surface area (Å²) in [4.78, 5) is 25.1. The Kier molecular flexibility index (Phi) is 5.35. The molecule has 23 heavy (non-hydrogen) atoms. The summed E-state index contributed by atoms with van der Waals surface area (Å²) < 4.78 is 4.99. The van der Waals surface area contributed by atoms with Gasteiger partial charge >= 0.3 is 6.03 Å². The van der Waals surface area contributed by atoms with Gasteiger partial charge in [0.25, 0.3) is 0 Å². The molecule has 2 aromatic rings. The maximum Gasteiger partial charge on any atom is 0.312 e. The van der Waals surface area contributed by atoms with Gasteiger partial charge in [0, 0.05) is 13.1 Å². The number of primary amides is 1. The van der Waals surface area contributed by atoms with Gasteiger partial charge in [0.2, 0.25) is 5.91 Å². The molecule has 0 aliphatic heterocycles. The first kappa shape index (κ1) is 16.5. The number of nitrogens with one attached hydrogen (secondary N) is 1. The average Bonchev–Trinajstić information content (AvgIpc) is 2.92. The van der Waals surface area contributed by atoms with E-state index in [-0.39, 0.29) is 12.3 Å². The van der Waals surface area contributed by atoms with Crippen LogP contribution >= 0.6 is 0 Å². The van der Waals surface area contributed by atoms with Crippen LogP contribution in [0.4, 0.5) is 4.79 Å². The van der Waals surface area contributed by atoms with Crippen molar-refractivity contribution in [2.75, 3.05) is 7.05 Å². The molecule has 1 atom stereocenters. The number of nitrogens with zero attached hydrogens (tertiary/aromatic N) is 2.